The van der Waals surface area contributed by atoms with Gasteiger partial charge in [0.25, 0.3) is 0 Å². The van der Waals surface area contributed by atoms with Gasteiger partial charge in [0.2, 0.25) is 0 Å². The van der Waals surface area contributed by atoms with Crippen molar-refractivity contribution in [2.24, 2.45) is 5.92 Å². The number of rotatable bonds is 4. The monoisotopic (exact) mass is 287 g/mol. The van der Waals surface area contributed by atoms with Crippen molar-refractivity contribution in [3.63, 3.8) is 0 Å². The Kier molecular flexibility index (Phi) is 2.95. The molecule has 3 nitrogen and oxygen atoms in total. The third kappa shape index (κ3) is 1.93. The molecule has 0 radical (unpaired) electrons. The molecule has 1 saturated carbocycles. The van der Waals surface area contributed by atoms with Gasteiger partial charge in [-0.3, -0.25) is 0 Å². The molecule has 0 aromatic carbocycles. The van der Waals surface area contributed by atoms with E-state index in [1.54, 1.807) is 4.88 Å². The van der Waals surface area contributed by atoms with Crippen LogP contribution in [0.2, 0.25) is 0 Å². The summed E-state index contributed by atoms with van der Waals surface area (Å²) in [5, 5.41) is 4.87. The second kappa shape index (κ2) is 4.69. The van der Waals surface area contributed by atoms with Crippen LogP contribution >= 0.6 is 11.3 Å². The molecule has 0 amide bonds. The Morgan fingerprint density at radius 3 is 2.90 bits per heavy atom. The number of hydrogen-bond acceptors (Lipinski definition) is 4. The van der Waals surface area contributed by atoms with Crippen LogP contribution in [0.3, 0.4) is 0 Å². The summed E-state index contributed by atoms with van der Waals surface area (Å²) in [6.07, 6.45) is 6.12. The molecule has 2 aromatic rings. The van der Waals surface area contributed by atoms with Crippen LogP contribution in [-0.4, -0.2) is 16.5 Å². The maximum absolute atomic E-state index is 4.89. The van der Waals surface area contributed by atoms with E-state index in [-0.39, 0.29) is 0 Å². The van der Waals surface area contributed by atoms with Crippen LogP contribution in [0.25, 0.3) is 10.2 Å². The third-order valence-electron chi connectivity index (χ3n) is 4.57. The molecule has 0 spiro atoms. The summed E-state index contributed by atoms with van der Waals surface area (Å²) in [7, 11) is 0. The zero-order valence-corrected chi connectivity index (χ0v) is 13.0. The zero-order chi connectivity index (χ0) is 13.7. The van der Waals surface area contributed by atoms with Crippen molar-refractivity contribution in [2.75, 3.05) is 11.9 Å². The van der Waals surface area contributed by atoms with Crippen LogP contribution in [-0.2, 0) is 12.8 Å². The van der Waals surface area contributed by atoms with Gasteiger partial charge in [0.05, 0.1) is 5.39 Å². The van der Waals surface area contributed by atoms with E-state index in [9.17, 15) is 0 Å². The summed E-state index contributed by atoms with van der Waals surface area (Å²) < 4.78 is 0. The Morgan fingerprint density at radius 2 is 2.15 bits per heavy atom. The lowest BCUT2D eigenvalue weighted by Crippen LogP contribution is -2.06. The average molecular weight is 287 g/mol. The normalized spacial score (nSPS) is 24.1. The van der Waals surface area contributed by atoms with Crippen molar-refractivity contribution in [1.82, 2.24) is 9.97 Å². The number of anilines is 1. The van der Waals surface area contributed by atoms with Crippen molar-refractivity contribution in [3.8, 4) is 0 Å². The fourth-order valence-electron chi connectivity index (χ4n) is 3.23. The minimum Gasteiger partial charge on any atom is -0.369 e. The Labute approximate surface area is 123 Å². The van der Waals surface area contributed by atoms with Crippen molar-refractivity contribution >= 4 is 27.4 Å². The summed E-state index contributed by atoms with van der Waals surface area (Å²) in [4.78, 5) is 12.5. The van der Waals surface area contributed by atoms with Crippen LogP contribution < -0.4 is 5.32 Å². The second-order valence-corrected chi connectivity index (χ2v) is 7.30. The number of hydrogen-bond donors (Lipinski definition) is 1. The van der Waals surface area contributed by atoms with Crippen LogP contribution in [0.1, 0.15) is 55.3 Å². The quantitative estimate of drug-likeness (QED) is 0.919. The highest BCUT2D eigenvalue weighted by Gasteiger charge is 2.37. The number of nitrogens with one attached hydrogen (secondary N) is 1. The molecule has 0 saturated heterocycles. The smallest absolute Gasteiger partial charge is 0.138 e. The predicted octanol–water partition coefficient (Wildman–Crippen LogP) is 4.13. The number of nitrogens with zero attached hydrogens (tertiary/aromatic N) is 2. The minimum atomic E-state index is 0.596. The number of aromatic nitrogens is 2. The van der Waals surface area contributed by atoms with Crippen LogP contribution in [0.5, 0.6) is 0 Å². The first-order chi connectivity index (χ1) is 9.78. The van der Waals surface area contributed by atoms with Gasteiger partial charge in [-0.1, -0.05) is 13.8 Å². The van der Waals surface area contributed by atoms with Gasteiger partial charge in [-0.05, 0) is 43.6 Å². The topological polar surface area (TPSA) is 37.8 Å². The molecule has 4 rings (SSSR count). The van der Waals surface area contributed by atoms with Crippen molar-refractivity contribution in [1.29, 1.82) is 0 Å². The Balaban J connectivity index is 1.85. The SMILES string of the molecule is CCCNc1nc(C2CC2C)nc2sc3c(c12)CCC3. The Bertz CT molecular complexity index is 661. The van der Waals surface area contributed by atoms with E-state index in [4.69, 9.17) is 9.97 Å². The van der Waals surface area contributed by atoms with Gasteiger partial charge in [-0.25, -0.2) is 9.97 Å². The summed E-state index contributed by atoms with van der Waals surface area (Å²) in [6, 6.07) is 0. The lowest BCUT2D eigenvalue weighted by molar-refractivity contribution is 0.849. The van der Waals surface area contributed by atoms with Crippen molar-refractivity contribution in [2.45, 2.75) is 51.9 Å². The molecule has 1 fully saturated rings. The highest BCUT2D eigenvalue weighted by atomic mass is 32.1. The number of thiophene rings is 1. The molecule has 2 aliphatic carbocycles. The first-order valence-corrected chi connectivity index (χ1v) is 8.65. The standard InChI is InChI=1S/C16H21N3S/c1-3-7-17-15-13-10-5-4-6-12(10)20-16(13)19-14(18-15)11-8-9(11)2/h9,11H,3-8H2,1-2H3,(H,17,18,19). The second-order valence-electron chi connectivity index (χ2n) is 6.21. The van der Waals surface area contributed by atoms with Gasteiger partial charge < -0.3 is 5.32 Å². The van der Waals surface area contributed by atoms with Gasteiger partial charge in [0.1, 0.15) is 16.5 Å². The van der Waals surface area contributed by atoms with Gasteiger partial charge in [0.15, 0.2) is 0 Å². The Morgan fingerprint density at radius 1 is 1.30 bits per heavy atom. The lowest BCUT2D eigenvalue weighted by atomic mass is 10.2. The molecule has 0 aliphatic heterocycles. The third-order valence-corrected chi connectivity index (χ3v) is 5.75. The number of aryl methyl sites for hydroxylation is 2. The molecule has 106 valence electrons. The highest BCUT2D eigenvalue weighted by molar-refractivity contribution is 7.19. The molecule has 2 heterocycles. The first-order valence-electron chi connectivity index (χ1n) is 7.84. The van der Waals surface area contributed by atoms with Gasteiger partial charge >= 0.3 is 0 Å². The first kappa shape index (κ1) is 12.6. The van der Waals surface area contributed by atoms with Crippen LogP contribution in [0, 0.1) is 5.92 Å². The molecule has 2 atom stereocenters. The van der Waals surface area contributed by atoms with E-state index in [0.29, 0.717) is 5.92 Å². The molecule has 1 N–H and O–H groups in total. The Hall–Kier alpha value is -1.16. The fourth-order valence-corrected chi connectivity index (χ4v) is 4.50. The van der Waals surface area contributed by atoms with E-state index in [1.807, 2.05) is 11.3 Å². The van der Waals surface area contributed by atoms with E-state index >= 15 is 0 Å². The zero-order valence-electron chi connectivity index (χ0n) is 12.2. The summed E-state index contributed by atoms with van der Waals surface area (Å²) in [5.74, 6) is 3.53. The molecule has 0 bridgehead atoms. The molecular formula is C16H21N3S. The molecule has 2 aromatic heterocycles. The molecule has 4 heteroatoms. The molecule has 2 aliphatic rings. The fraction of sp³-hybridized carbons (Fsp3) is 0.625. The molecule has 2 unspecified atom stereocenters. The lowest BCUT2D eigenvalue weighted by Gasteiger charge is -2.09. The predicted molar refractivity (Wildman–Crippen MR) is 84.7 cm³/mol. The van der Waals surface area contributed by atoms with Gasteiger partial charge in [0, 0.05) is 17.3 Å². The highest BCUT2D eigenvalue weighted by Crippen LogP contribution is 2.47. The average Bonchev–Trinajstić information content (AvgIpc) is 2.85. The van der Waals surface area contributed by atoms with Gasteiger partial charge in [-0.2, -0.15) is 0 Å². The van der Waals surface area contributed by atoms with E-state index in [0.717, 1.165) is 30.5 Å². The molecular weight excluding hydrogens is 266 g/mol. The van der Waals surface area contributed by atoms with Crippen molar-refractivity contribution < 1.29 is 0 Å². The van der Waals surface area contributed by atoms with Crippen molar-refractivity contribution in [3.05, 3.63) is 16.3 Å². The van der Waals surface area contributed by atoms with E-state index in [2.05, 4.69) is 19.2 Å². The maximum atomic E-state index is 4.89. The van der Waals surface area contributed by atoms with Gasteiger partial charge in [-0.15, -0.1) is 11.3 Å². The van der Waals surface area contributed by atoms with E-state index in [1.165, 1.54) is 41.5 Å². The van der Waals surface area contributed by atoms with Crippen LogP contribution in [0.4, 0.5) is 5.82 Å². The summed E-state index contributed by atoms with van der Waals surface area (Å²) in [5.41, 5.74) is 1.53. The summed E-state index contributed by atoms with van der Waals surface area (Å²) >= 11 is 1.90. The van der Waals surface area contributed by atoms with E-state index < -0.39 is 0 Å². The van der Waals surface area contributed by atoms with Crippen LogP contribution in [0.15, 0.2) is 0 Å². The minimum absolute atomic E-state index is 0.596. The largest absolute Gasteiger partial charge is 0.369 e. The maximum Gasteiger partial charge on any atom is 0.138 e. The summed E-state index contributed by atoms with van der Waals surface area (Å²) in [6.45, 7) is 5.50. The molecule has 20 heavy (non-hydrogen) atoms. The number of fused-ring (bicyclic) bond motifs is 3.